The summed E-state index contributed by atoms with van der Waals surface area (Å²) >= 11 is 0. The maximum Gasteiger partial charge on any atom is 0.0651 e. The van der Waals surface area contributed by atoms with Crippen LogP contribution in [0.4, 0.5) is 0 Å². The molecule has 0 radical (unpaired) electrons. The zero-order valence-corrected chi connectivity index (χ0v) is 12.8. The third kappa shape index (κ3) is 2.50. The first kappa shape index (κ1) is 13.4. The van der Waals surface area contributed by atoms with E-state index in [4.69, 9.17) is 0 Å². The first-order valence-corrected chi connectivity index (χ1v) is 7.42. The molecule has 20 heavy (non-hydrogen) atoms. The molecule has 0 unspecified atom stereocenters. The van der Waals surface area contributed by atoms with Gasteiger partial charge in [0.2, 0.25) is 0 Å². The molecule has 0 amide bonds. The van der Waals surface area contributed by atoms with Gasteiger partial charge in [-0.25, -0.2) is 4.68 Å². The van der Waals surface area contributed by atoms with Crippen LogP contribution in [-0.2, 0) is 6.54 Å². The van der Waals surface area contributed by atoms with Gasteiger partial charge < -0.3 is 5.32 Å². The summed E-state index contributed by atoms with van der Waals surface area (Å²) in [5, 5.41) is 8.21. The number of rotatable bonds is 4. The highest BCUT2D eigenvalue weighted by molar-refractivity contribution is 5.42. The van der Waals surface area contributed by atoms with Crippen molar-refractivity contribution in [2.24, 2.45) is 0 Å². The number of nitrogens with zero attached hydrogens (tertiary/aromatic N) is 2. The second-order valence-electron chi connectivity index (χ2n) is 5.97. The minimum Gasteiger partial charge on any atom is -0.310 e. The molecular weight excluding hydrogens is 246 g/mol. The lowest BCUT2D eigenvalue weighted by Gasteiger charge is -2.11. The lowest BCUT2D eigenvalue weighted by atomic mass is 10.1. The van der Waals surface area contributed by atoms with E-state index in [2.05, 4.69) is 61.0 Å². The van der Waals surface area contributed by atoms with Crippen molar-refractivity contribution in [3.63, 3.8) is 0 Å². The van der Waals surface area contributed by atoms with E-state index in [1.807, 2.05) is 0 Å². The van der Waals surface area contributed by atoms with Gasteiger partial charge in [-0.1, -0.05) is 6.07 Å². The summed E-state index contributed by atoms with van der Waals surface area (Å²) in [6.07, 6.45) is 2.67. The van der Waals surface area contributed by atoms with Crippen molar-refractivity contribution < 1.29 is 0 Å². The molecule has 0 bridgehead atoms. The maximum absolute atomic E-state index is 4.64. The molecule has 0 spiro atoms. The fraction of sp³-hybridized carbons (Fsp3) is 0.471. The van der Waals surface area contributed by atoms with Crippen molar-refractivity contribution >= 4 is 0 Å². The molecule has 0 atom stereocenters. The topological polar surface area (TPSA) is 29.9 Å². The molecule has 106 valence electrons. The Hall–Kier alpha value is -1.61. The van der Waals surface area contributed by atoms with E-state index < -0.39 is 0 Å². The van der Waals surface area contributed by atoms with Crippen LogP contribution >= 0.6 is 0 Å². The van der Waals surface area contributed by atoms with E-state index in [1.54, 1.807) is 0 Å². The molecule has 2 aromatic rings. The van der Waals surface area contributed by atoms with Crippen LogP contribution in [0.3, 0.4) is 0 Å². The van der Waals surface area contributed by atoms with Gasteiger partial charge in [-0.2, -0.15) is 5.10 Å². The fourth-order valence-electron chi connectivity index (χ4n) is 2.52. The summed E-state index contributed by atoms with van der Waals surface area (Å²) in [6.45, 7) is 9.50. The molecular formula is C17H23N3. The summed E-state index contributed by atoms with van der Waals surface area (Å²) in [5.41, 5.74) is 7.50. The predicted molar refractivity (Wildman–Crippen MR) is 82.4 cm³/mol. The smallest absolute Gasteiger partial charge is 0.0651 e. The van der Waals surface area contributed by atoms with E-state index >= 15 is 0 Å². The molecule has 3 nitrogen and oxygen atoms in total. The summed E-state index contributed by atoms with van der Waals surface area (Å²) in [5.74, 6) is 0. The second-order valence-corrected chi connectivity index (χ2v) is 5.97. The van der Waals surface area contributed by atoms with Gasteiger partial charge in [0.15, 0.2) is 0 Å². The van der Waals surface area contributed by atoms with Gasteiger partial charge in [0.05, 0.1) is 11.4 Å². The quantitative estimate of drug-likeness (QED) is 0.922. The van der Waals surface area contributed by atoms with E-state index in [-0.39, 0.29) is 0 Å². The Bertz CT molecular complexity index is 636. The van der Waals surface area contributed by atoms with Crippen molar-refractivity contribution in [3.05, 3.63) is 46.3 Å². The third-order valence-corrected chi connectivity index (χ3v) is 4.38. The van der Waals surface area contributed by atoms with Gasteiger partial charge in [-0.15, -0.1) is 0 Å². The molecule has 1 aliphatic rings. The van der Waals surface area contributed by atoms with E-state index in [1.165, 1.54) is 35.2 Å². The number of hydrogen-bond donors (Lipinski definition) is 1. The molecule has 1 heterocycles. The van der Waals surface area contributed by atoms with Gasteiger partial charge >= 0.3 is 0 Å². The molecule has 1 saturated carbocycles. The van der Waals surface area contributed by atoms with Crippen LogP contribution in [0.15, 0.2) is 18.2 Å². The largest absolute Gasteiger partial charge is 0.310 e. The molecule has 0 saturated heterocycles. The third-order valence-electron chi connectivity index (χ3n) is 4.38. The van der Waals surface area contributed by atoms with E-state index in [9.17, 15) is 0 Å². The molecule has 3 rings (SSSR count). The Balaban J connectivity index is 1.86. The Morgan fingerprint density at radius 1 is 1.20 bits per heavy atom. The van der Waals surface area contributed by atoms with Crippen LogP contribution in [0.1, 0.15) is 40.9 Å². The number of aromatic nitrogens is 2. The number of nitrogens with one attached hydrogen (secondary N) is 1. The van der Waals surface area contributed by atoms with Crippen LogP contribution in [0.25, 0.3) is 5.69 Å². The Morgan fingerprint density at radius 2 is 1.95 bits per heavy atom. The van der Waals surface area contributed by atoms with Gasteiger partial charge in [0.1, 0.15) is 0 Å². The predicted octanol–water partition coefficient (Wildman–Crippen LogP) is 3.36. The van der Waals surface area contributed by atoms with Crippen molar-refractivity contribution in [1.82, 2.24) is 15.1 Å². The zero-order chi connectivity index (χ0) is 14.3. The normalized spacial score (nSPS) is 14.8. The number of aryl methyl sites for hydroxylation is 2. The van der Waals surface area contributed by atoms with E-state index in [0.717, 1.165) is 24.0 Å². The summed E-state index contributed by atoms with van der Waals surface area (Å²) in [7, 11) is 0. The van der Waals surface area contributed by atoms with Crippen LogP contribution < -0.4 is 5.32 Å². The van der Waals surface area contributed by atoms with Gasteiger partial charge in [0.25, 0.3) is 0 Å². The Morgan fingerprint density at radius 3 is 2.50 bits per heavy atom. The number of benzene rings is 1. The van der Waals surface area contributed by atoms with Gasteiger partial charge in [0, 0.05) is 18.3 Å². The highest BCUT2D eigenvalue weighted by Crippen LogP contribution is 2.22. The highest BCUT2D eigenvalue weighted by Gasteiger charge is 2.20. The van der Waals surface area contributed by atoms with Crippen LogP contribution in [0, 0.1) is 27.7 Å². The number of hydrogen-bond acceptors (Lipinski definition) is 2. The van der Waals surface area contributed by atoms with Crippen LogP contribution in [-0.4, -0.2) is 15.8 Å². The minimum absolute atomic E-state index is 0.757. The summed E-state index contributed by atoms with van der Waals surface area (Å²) < 4.78 is 2.05. The fourth-order valence-corrected chi connectivity index (χ4v) is 2.52. The Labute approximate surface area is 121 Å². The lowest BCUT2D eigenvalue weighted by molar-refractivity contribution is 0.684. The van der Waals surface area contributed by atoms with E-state index in [0.29, 0.717) is 0 Å². The standard InChI is InChI=1S/C17H23N3/c1-11-9-17(20-14(4)12(2)13(3)19-20)8-5-15(11)10-18-16-6-7-16/h5,8-9,16,18H,6-7,10H2,1-4H3. The maximum atomic E-state index is 4.64. The molecule has 1 aromatic heterocycles. The molecule has 0 aliphatic heterocycles. The van der Waals surface area contributed by atoms with Crippen LogP contribution in [0.2, 0.25) is 0 Å². The van der Waals surface area contributed by atoms with Crippen molar-refractivity contribution in [3.8, 4) is 5.69 Å². The molecule has 1 aliphatic carbocycles. The highest BCUT2D eigenvalue weighted by atomic mass is 15.3. The molecule has 1 aromatic carbocycles. The van der Waals surface area contributed by atoms with Crippen molar-refractivity contribution in [2.45, 2.75) is 53.1 Å². The first-order valence-electron chi connectivity index (χ1n) is 7.42. The van der Waals surface area contributed by atoms with Crippen molar-refractivity contribution in [1.29, 1.82) is 0 Å². The zero-order valence-electron chi connectivity index (χ0n) is 12.8. The molecule has 3 heteroatoms. The summed E-state index contributed by atoms with van der Waals surface area (Å²) in [6, 6.07) is 7.40. The average Bonchev–Trinajstić information content (AvgIpc) is 3.21. The SMILES string of the molecule is Cc1cc(-n2nc(C)c(C)c2C)ccc1CNC1CC1. The Kier molecular flexibility index (Phi) is 3.38. The minimum atomic E-state index is 0.757. The lowest BCUT2D eigenvalue weighted by Crippen LogP contribution is -2.16. The van der Waals surface area contributed by atoms with Crippen LogP contribution in [0.5, 0.6) is 0 Å². The van der Waals surface area contributed by atoms with Gasteiger partial charge in [-0.05, 0) is 69.4 Å². The first-order chi connectivity index (χ1) is 9.56. The van der Waals surface area contributed by atoms with Crippen molar-refractivity contribution in [2.75, 3.05) is 0 Å². The second kappa shape index (κ2) is 5.06. The molecule has 1 fully saturated rings. The summed E-state index contributed by atoms with van der Waals surface area (Å²) in [4.78, 5) is 0. The van der Waals surface area contributed by atoms with Gasteiger partial charge in [-0.3, -0.25) is 0 Å². The monoisotopic (exact) mass is 269 g/mol. The average molecular weight is 269 g/mol. The molecule has 1 N–H and O–H groups in total.